The molecule has 1 aromatic carbocycles. The number of benzene rings is 1. The predicted octanol–water partition coefficient (Wildman–Crippen LogP) is 1.22. The molecule has 6 nitrogen and oxygen atoms in total. The monoisotopic (exact) mass is 260 g/mol. The van der Waals surface area contributed by atoms with Crippen molar-refractivity contribution in [2.24, 2.45) is 0 Å². The summed E-state index contributed by atoms with van der Waals surface area (Å²) in [5.74, 6) is -1.72. The predicted molar refractivity (Wildman–Crippen MR) is 63.8 cm³/mol. The number of aromatic carboxylic acids is 1. The number of nitrogen functional groups attached to an aromatic ring is 1. The molecule has 2 rings (SSSR count). The minimum atomic E-state index is -1.24. The lowest BCUT2D eigenvalue weighted by molar-refractivity contribution is 0.0690. The third kappa shape index (κ3) is 2.52. The maximum Gasteiger partial charge on any atom is 0.358 e. The lowest BCUT2D eigenvalue weighted by atomic mass is 10.1. The number of hydrogen-bond acceptors (Lipinski definition) is 4. The Balaban J connectivity index is 2.36. The van der Waals surface area contributed by atoms with Crippen LogP contribution < -0.4 is 5.73 Å². The second kappa shape index (κ2) is 4.78. The zero-order chi connectivity index (χ0) is 14.0. The molecule has 0 radical (unpaired) electrons. The SMILES string of the molecule is N#Cc1ccc(F)cc1Cn1cc(N)c(C(=O)O)n1. The molecule has 0 spiro atoms. The van der Waals surface area contributed by atoms with Crippen molar-refractivity contribution in [1.29, 1.82) is 5.26 Å². The van der Waals surface area contributed by atoms with Gasteiger partial charge in [0.1, 0.15) is 5.82 Å². The highest BCUT2D eigenvalue weighted by molar-refractivity contribution is 5.91. The van der Waals surface area contributed by atoms with Gasteiger partial charge >= 0.3 is 5.97 Å². The fraction of sp³-hybridized carbons (Fsp3) is 0.0833. The molecule has 96 valence electrons. The van der Waals surface area contributed by atoms with E-state index in [0.717, 1.165) is 0 Å². The van der Waals surface area contributed by atoms with Crippen LogP contribution in [-0.2, 0) is 6.54 Å². The van der Waals surface area contributed by atoms with E-state index in [1.165, 1.54) is 29.1 Å². The van der Waals surface area contributed by atoms with Crippen molar-refractivity contribution in [2.75, 3.05) is 5.73 Å². The number of nitrogens with two attached hydrogens (primary N) is 1. The Hall–Kier alpha value is -2.88. The molecule has 1 heterocycles. The molecule has 7 heteroatoms. The first-order valence-corrected chi connectivity index (χ1v) is 5.26. The zero-order valence-electron chi connectivity index (χ0n) is 9.67. The standard InChI is InChI=1S/C12H9FN4O2/c13-9-2-1-7(4-14)8(3-9)5-17-6-10(15)11(16-17)12(18)19/h1-3,6H,5,15H2,(H,18,19). The Kier molecular flexibility index (Phi) is 3.16. The zero-order valence-corrected chi connectivity index (χ0v) is 9.67. The van der Waals surface area contributed by atoms with E-state index in [2.05, 4.69) is 5.10 Å². The average molecular weight is 260 g/mol. The van der Waals surface area contributed by atoms with Crippen LogP contribution in [0.1, 0.15) is 21.6 Å². The van der Waals surface area contributed by atoms with E-state index in [-0.39, 0.29) is 17.9 Å². The highest BCUT2D eigenvalue weighted by Gasteiger charge is 2.14. The van der Waals surface area contributed by atoms with Gasteiger partial charge in [0.15, 0.2) is 5.69 Å². The number of aromatic nitrogens is 2. The molecule has 0 bridgehead atoms. The summed E-state index contributed by atoms with van der Waals surface area (Å²) in [6, 6.07) is 5.68. The van der Waals surface area contributed by atoms with Crippen LogP contribution in [0.4, 0.5) is 10.1 Å². The van der Waals surface area contributed by atoms with Gasteiger partial charge in [0, 0.05) is 6.20 Å². The molecular weight excluding hydrogens is 251 g/mol. The summed E-state index contributed by atoms with van der Waals surface area (Å²) < 4.78 is 14.4. The molecule has 0 saturated heterocycles. The summed E-state index contributed by atoms with van der Waals surface area (Å²) in [4.78, 5) is 10.8. The fourth-order valence-corrected chi connectivity index (χ4v) is 1.66. The molecule has 0 aliphatic heterocycles. The molecule has 0 saturated carbocycles. The number of halogens is 1. The summed E-state index contributed by atoms with van der Waals surface area (Å²) in [5, 5.41) is 21.5. The van der Waals surface area contributed by atoms with Crippen molar-refractivity contribution >= 4 is 11.7 Å². The summed E-state index contributed by atoms with van der Waals surface area (Å²) in [6.07, 6.45) is 1.33. The summed E-state index contributed by atoms with van der Waals surface area (Å²) in [5.41, 5.74) is 5.94. The normalized spacial score (nSPS) is 10.1. The number of anilines is 1. The summed E-state index contributed by atoms with van der Waals surface area (Å²) in [6.45, 7) is 0.0676. The molecular formula is C12H9FN4O2. The highest BCUT2D eigenvalue weighted by Crippen LogP contribution is 2.14. The van der Waals surface area contributed by atoms with Gasteiger partial charge in [-0.3, -0.25) is 4.68 Å². The summed E-state index contributed by atoms with van der Waals surface area (Å²) >= 11 is 0. The Bertz CT molecular complexity index is 688. The maximum atomic E-state index is 13.1. The minimum Gasteiger partial charge on any atom is -0.476 e. The van der Waals surface area contributed by atoms with Crippen molar-refractivity contribution in [1.82, 2.24) is 9.78 Å². The van der Waals surface area contributed by atoms with Crippen molar-refractivity contribution < 1.29 is 14.3 Å². The summed E-state index contributed by atoms with van der Waals surface area (Å²) in [7, 11) is 0. The van der Waals surface area contributed by atoms with Crippen LogP contribution >= 0.6 is 0 Å². The Morgan fingerprint density at radius 2 is 2.32 bits per heavy atom. The molecule has 19 heavy (non-hydrogen) atoms. The van der Waals surface area contributed by atoms with E-state index >= 15 is 0 Å². The highest BCUT2D eigenvalue weighted by atomic mass is 19.1. The Labute approximate surface area is 107 Å². The van der Waals surface area contributed by atoms with Gasteiger partial charge in [0.05, 0.1) is 23.9 Å². The lowest BCUT2D eigenvalue weighted by Gasteiger charge is -2.04. The molecule has 0 amide bonds. The third-order valence-electron chi connectivity index (χ3n) is 2.51. The van der Waals surface area contributed by atoms with E-state index in [9.17, 15) is 9.18 Å². The molecule has 0 unspecified atom stereocenters. The third-order valence-corrected chi connectivity index (χ3v) is 2.51. The van der Waals surface area contributed by atoms with Gasteiger partial charge < -0.3 is 10.8 Å². The van der Waals surface area contributed by atoms with Crippen LogP contribution in [0.25, 0.3) is 0 Å². The number of carboxylic acid groups (broad SMARTS) is 1. The minimum absolute atomic E-state index is 0.0161. The lowest BCUT2D eigenvalue weighted by Crippen LogP contribution is -2.06. The van der Waals surface area contributed by atoms with Crippen LogP contribution in [0.15, 0.2) is 24.4 Å². The van der Waals surface area contributed by atoms with Crippen LogP contribution in [-0.4, -0.2) is 20.9 Å². The Morgan fingerprint density at radius 3 is 2.89 bits per heavy atom. The second-order valence-corrected chi connectivity index (χ2v) is 3.85. The molecule has 0 aliphatic rings. The van der Waals surface area contributed by atoms with Crippen molar-refractivity contribution in [3.8, 4) is 6.07 Å². The first kappa shape index (κ1) is 12.6. The molecule has 2 aromatic rings. The molecule has 1 aromatic heterocycles. The quantitative estimate of drug-likeness (QED) is 0.863. The largest absolute Gasteiger partial charge is 0.476 e. The van der Waals surface area contributed by atoms with Gasteiger partial charge in [-0.2, -0.15) is 10.4 Å². The van der Waals surface area contributed by atoms with Crippen LogP contribution in [0.2, 0.25) is 0 Å². The van der Waals surface area contributed by atoms with E-state index in [0.29, 0.717) is 11.1 Å². The molecule has 0 fully saturated rings. The van der Waals surface area contributed by atoms with Crippen LogP contribution in [0, 0.1) is 17.1 Å². The first-order chi connectivity index (χ1) is 9.01. The fourth-order valence-electron chi connectivity index (χ4n) is 1.66. The van der Waals surface area contributed by atoms with Gasteiger partial charge in [0.25, 0.3) is 0 Å². The van der Waals surface area contributed by atoms with Crippen molar-refractivity contribution in [3.63, 3.8) is 0 Å². The van der Waals surface area contributed by atoms with Crippen LogP contribution in [0.5, 0.6) is 0 Å². The first-order valence-electron chi connectivity index (χ1n) is 5.26. The Morgan fingerprint density at radius 1 is 1.58 bits per heavy atom. The van der Waals surface area contributed by atoms with Gasteiger partial charge in [-0.1, -0.05) is 0 Å². The van der Waals surface area contributed by atoms with Gasteiger partial charge in [-0.25, -0.2) is 9.18 Å². The average Bonchev–Trinajstić information content (AvgIpc) is 2.71. The van der Waals surface area contributed by atoms with E-state index in [4.69, 9.17) is 16.1 Å². The molecule has 0 aliphatic carbocycles. The number of nitriles is 1. The smallest absolute Gasteiger partial charge is 0.358 e. The topological polar surface area (TPSA) is 105 Å². The van der Waals surface area contributed by atoms with Gasteiger partial charge in [-0.05, 0) is 23.8 Å². The number of carbonyl (C=O) groups is 1. The molecule has 0 atom stereocenters. The number of rotatable bonds is 3. The molecule has 3 N–H and O–H groups in total. The van der Waals surface area contributed by atoms with Crippen molar-refractivity contribution in [2.45, 2.75) is 6.54 Å². The van der Waals surface area contributed by atoms with Crippen molar-refractivity contribution in [3.05, 3.63) is 47.0 Å². The van der Waals surface area contributed by atoms with E-state index < -0.39 is 11.8 Å². The van der Waals surface area contributed by atoms with Crippen LogP contribution in [0.3, 0.4) is 0 Å². The maximum absolute atomic E-state index is 13.1. The number of carboxylic acids is 1. The number of hydrogen-bond donors (Lipinski definition) is 2. The van der Waals surface area contributed by atoms with Gasteiger partial charge in [0.2, 0.25) is 0 Å². The number of nitrogens with zero attached hydrogens (tertiary/aromatic N) is 3. The van der Waals surface area contributed by atoms with E-state index in [1.54, 1.807) is 0 Å². The second-order valence-electron chi connectivity index (χ2n) is 3.85. The van der Waals surface area contributed by atoms with Gasteiger partial charge in [-0.15, -0.1) is 0 Å². The van der Waals surface area contributed by atoms with E-state index in [1.807, 2.05) is 6.07 Å².